The Morgan fingerprint density at radius 3 is 2.50 bits per heavy atom. The van der Waals surface area contributed by atoms with Gasteiger partial charge in [0, 0.05) is 28.1 Å². The summed E-state index contributed by atoms with van der Waals surface area (Å²) in [5.74, 6) is 1.08. The van der Waals surface area contributed by atoms with E-state index in [4.69, 9.17) is 9.47 Å². The minimum absolute atomic E-state index is 0.248. The summed E-state index contributed by atoms with van der Waals surface area (Å²) in [5, 5.41) is 3.40. The number of rotatable bonds is 6. The summed E-state index contributed by atoms with van der Waals surface area (Å²) < 4.78 is 10.5. The SMILES string of the molecule is COc1ccc(/C=C/C(=O)Nc2nc(-c3ccc(C)cc3)c(C)s2)c(OC)c1. The van der Waals surface area contributed by atoms with Crippen molar-refractivity contribution in [2.45, 2.75) is 13.8 Å². The van der Waals surface area contributed by atoms with Crippen LogP contribution in [0.25, 0.3) is 17.3 Å². The number of hydrogen-bond donors (Lipinski definition) is 1. The molecule has 3 rings (SSSR count). The van der Waals surface area contributed by atoms with Crippen molar-refractivity contribution in [2.24, 2.45) is 0 Å². The van der Waals surface area contributed by atoms with Crippen LogP contribution in [0.5, 0.6) is 11.5 Å². The van der Waals surface area contributed by atoms with Crippen LogP contribution in [0.2, 0.25) is 0 Å². The lowest BCUT2D eigenvalue weighted by molar-refractivity contribution is -0.111. The van der Waals surface area contributed by atoms with E-state index in [1.807, 2.05) is 38.1 Å². The van der Waals surface area contributed by atoms with Crippen molar-refractivity contribution in [3.63, 3.8) is 0 Å². The summed E-state index contributed by atoms with van der Waals surface area (Å²) >= 11 is 1.46. The highest BCUT2D eigenvalue weighted by Gasteiger charge is 2.11. The average molecular weight is 394 g/mol. The van der Waals surface area contributed by atoms with Gasteiger partial charge in [-0.25, -0.2) is 4.98 Å². The zero-order chi connectivity index (χ0) is 20.1. The molecule has 0 bridgehead atoms. The van der Waals surface area contributed by atoms with Gasteiger partial charge >= 0.3 is 0 Å². The summed E-state index contributed by atoms with van der Waals surface area (Å²) in [6.07, 6.45) is 3.17. The number of ether oxygens (including phenoxy) is 2. The molecule has 1 heterocycles. The summed E-state index contributed by atoms with van der Waals surface area (Å²) in [5.41, 5.74) is 3.91. The van der Waals surface area contributed by atoms with Gasteiger partial charge < -0.3 is 9.47 Å². The predicted octanol–water partition coefficient (Wildman–Crippen LogP) is 5.10. The lowest BCUT2D eigenvalue weighted by Gasteiger charge is -2.07. The number of hydrogen-bond acceptors (Lipinski definition) is 5. The van der Waals surface area contributed by atoms with Crippen LogP contribution in [0.1, 0.15) is 16.0 Å². The van der Waals surface area contributed by atoms with Crippen LogP contribution >= 0.6 is 11.3 Å². The van der Waals surface area contributed by atoms with Crippen molar-refractivity contribution in [3.05, 3.63) is 64.5 Å². The number of nitrogens with zero attached hydrogens (tertiary/aromatic N) is 1. The largest absolute Gasteiger partial charge is 0.497 e. The highest BCUT2D eigenvalue weighted by Crippen LogP contribution is 2.30. The third-order valence-electron chi connectivity index (χ3n) is 4.21. The molecule has 0 aliphatic heterocycles. The minimum atomic E-state index is -0.248. The summed E-state index contributed by atoms with van der Waals surface area (Å²) in [6, 6.07) is 13.6. The van der Waals surface area contributed by atoms with Crippen molar-refractivity contribution >= 4 is 28.5 Å². The van der Waals surface area contributed by atoms with Gasteiger partial charge in [-0.15, -0.1) is 11.3 Å². The molecule has 1 amide bonds. The second-order valence-corrected chi connectivity index (χ2v) is 7.42. The molecule has 0 saturated heterocycles. The van der Waals surface area contributed by atoms with E-state index in [0.717, 1.165) is 21.7 Å². The molecule has 3 aromatic rings. The quantitative estimate of drug-likeness (QED) is 0.591. The molecular formula is C22H22N2O3S. The van der Waals surface area contributed by atoms with Crippen LogP contribution in [0.3, 0.4) is 0 Å². The van der Waals surface area contributed by atoms with Crippen molar-refractivity contribution in [3.8, 4) is 22.8 Å². The molecule has 0 atom stereocenters. The van der Waals surface area contributed by atoms with E-state index in [1.165, 1.54) is 23.0 Å². The molecule has 1 aromatic heterocycles. The molecule has 0 aliphatic rings. The van der Waals surface area contributed by atoms with E-state index in [1.54, 1.807) is 26.4 Å². The molecule has 0 radical (unpaired) electrons. The first-order chi connectivity index (χ1) is 13.5. The van der Waals surface area contributed by atoms with Crippen LogP contribution in [0.4, 0.5) is 5.13 Å². The molecular weight excluding hydrogens is 372 g/mol. The van der Waals surface area contributed by atoms with Crippen LogP contribution in [0, 0.1) is 13.8 Å². The topological polar surface area (TPSA) is 60.5 Å². The van der Waals surface area contributed by atoms with E-state index >= 15 is 0 Å². The van der Waals surface area contributed by atoms with Crippen LogP contribution < -0.4 is 14.8 Å². The summed E-state index contributed by atoms with van der Waals surface area (Å²) in [4.78, 5) is 17.9. The molecule has 2 aromatic carbocycles. The standard InChI is InChI=1S/C22H22N2O3S/c1-14-5-7-17(8-6-14)21-15(2)28-22(24-21)23-20(25)12-10-16-9-11-18(26-3)13-19(16)27-4/h5-13H,1-4H3,(H,23,24,25)/b12-10+. The molecule has 0 fully saturated rings. The Labute approximate surface area is 168 Å². The van der Waals surface area contributed by atoms with Crippen LogP contribution in [-0.2, 0) is 4.79 Å². The molecule has 28 heavy (non-hydrogen) atoms. The number of thiazole rings is 1. The maximum Gasteiger partial charge on any atom is 0.250 e. The molecule has 5 nitrogen and oxygen atoms in total. The molecule has 0 aliphatic carbocycles. The number of aryl methyl sites for hydroxylation is 2. The first-order valence-corrected chi connectivity index (χ1v) is 9.57. The van der Waals surface area contributed by atoms with Gasteiger partial charge in [0.25, 0.3) is 0 Å². The lowest BCUT2D eigenvalue weighted by Crippen LogP contribution is -2.07. The Bertz CT molecular complexity index is 1010. The van der Waals surface area contributed by atoms with Crippen molar-refractivity contribution in [1.82, 2.24) is 4.98 Å². The Morgan fingerprint density at radius 1 is 1.07 bits per heavy atom. The first kappa shape index (κ1) is 19.6. The zero-order valence-corrected chi connectivity index (χ0v) is 17.1. The second-order valence-electron chi connectivity index (χ2n) is 6.22. The van der Waals surface area contributed by atoms with Gasteiger partial charge in [-0.3, -0.25) is 10.1 Å². The maximum atomic E-state index is 12.3. The number of nitrogens with one attached hydrogen (secondary N) is 1. The lowest BCUT2D eigenvalue weighted by atomic mass is 10.1. The van der Waals surface area contributed by atoms with E-state index in [2.05, 4.69) is 22.4 Å². The molecule has 6 heteroatoms. The Balaban J connectivity index is 1.73. The van der Waals surface area contributed by atoms with E-state index in [0.29, 0.717) is 16.6 Å². The van der Waals surface area contributed by atoms with Gasteiger partial charge in [0.2, 0.25) is 5.91 Å². The average Bonchev–Trinajstić information content (AvgIpc) is 3.06. The normalized spacial score (nSPS) is 10.9. The highest BCUT2D eigenvalue weighted by molar-refractivity contribution is 7.16. The molecule has 0 spiro atoms. The third kappa shape index (κ3) is 4.58. The monoisotopic (exact) mass is 394 g/mol. The number of carbonyl (C=O) groups excluding carboxylic acids is 1. The fourth-order valence-corrected chi connectivity index (χ4v) is 3.54. The Hall–Kier alpha value is -3.12. The second kappa shape index (κ2) is 8.71. The predicted molar refractivity (Wildman–Crippen MR) is 114 cm³/mol. The van der Waals surface area contributed by atoms with Crippen LogP contribution in [0.15, 0.2) is 48.5 Å². The van der Waals surface area contributed by atoms with E-state index in [-0.39, 0.29) is 5.91 Å². The maximum absolute atomic E-state index is 12.3. The fourth-order valence-electron chi connectivity index (χ4n) is 2.70. The van der Waals surface area contributed by atoms with E-state index < -0.39 is 0 Å². The van der Waals surface area contributed by atoms with Gasteiger partial charge in [-0.2, -0.15) is 0 Å². The van der Waals surface area contributed by atoms with Gasteiger partial charge in [0.05, 0.1) is 19.9 Å². The molecule has 144 valence electrons. The minimum Gasteiger partial charge on any atom is -0.497 e. The van der Waals surface area contributed by atoms with Crippen molar-refractivity contribution < 1.29 is 14.3 Å². The molecule has 0 saturated carbocycles. The highest BCUT2D eigenvalue weighted by atomic mass is 32.1. The Morgan fingerprint density at radius 2 is 1.82 bits per heavy atom. The van der Waals surface area contributed by atoms with Gasteiger partial charge in [0.1, 0.15) is 11.5 Å². The number of carbonyl (C=O) groups is 1. The number of amides is 1. The fraction of sp³-hybridized carbons (Fsp3) is 0.182. The number of anilines is 1. The Kier molecular flexibility index (Phi) is 6.11. The summed E-state index contributed by atoms with van der Waals surface area (Å²) in [6.45, 7) is 4.05. The third-order valence-corrected chi connectivity index (χ3v) is 5.09. The zero-order valence-electron chi connectivity index (χ0n) is 16.3. The number of aromatic nitrogens is 1. The van der Waals surface area contributed by atoms with Gasteiger partial charge in [-0.05, 0) is 32.1 Å². The van der Waals surface area contributed by atoms with Crippen molar-refractivity contribution in [1.29, 1.82) is 0 Å². The summed E-state index contributed by atoms with van der Waals surface area (Å²) in [7, 11) is 3.18. The molecule has 1 N–H and O–H groups in total. The van der Waals surface area contributed by atoms with Gasteiger partial charge in [-0.1, -0.05) is 29.8 Å². The number of benzene rings is 2. The number of methoxy groups -OCH3 is 2. The van der Waals surface area contributed by atoms with Crippen molar-refractivity contribution in [2.75, 3.05) is 19.5 Å². The first-order valence-electron chi connectivity index (χ1n) is 8.75. The smallest absolute Gasteiger partial charge is 0.250 e. The molecule has 0 unspecified atom stereocenters. The van der Waals surface area contributed by atoms with E-state index in [9.17, 15) is 4.79 Å². The van der Waals surface area contributed by atoms with Crippen LogP contribution in [-0.4, -0.2) is 25.1 Å². The van der Waals surface area contributed by atoms with Gasteiger partial charge in [0.15, 0.2) is 5.13 Å².